The Kier molecular flexibility index (Phi) is 3.42. The van der Waals surface area contributed by atoms with Crippen LogP contribution in [0.15, 0.2) is 0 Å². The Morgan fingerprint density at radius 2 is 1.83 bits per heavy atom. The highest BCUT2D eigenvalue weighted by atomic mass is 16.4. The predicted octanol–water partition coefficient (Wildman–Crippen LogP) is -2.58. The second kappa shape index (κ2) is 4.15. The summed E-state index contributed by atoms with van der Waals surface area (Å²) < 4.78 is 0. The smallest absolute Gasteiger partial charge is 0.107 e. The molecule has 0 bridgehead atoms. The van der Waals surface area contributed by atoms with Gasteiger partial charge in [0.2, 0.25) is 0 Å². The number of rotatable bonds is 1. The molecule has 1 aliphatic heterocycles. The van der Waals surface area contributed by atoms with E-state index in [4.69, 9.17) is 5.11 Å². The van der Waals surface area contributed by atoms with Gasteiger partial charge in [-0.15, -0.1) is 0 Å². The molecule has 0 radical (unpaired) electrons. The maximum absolute atomic E-state index is 9.27. The summed E-state index contributed by atoms with van der Waals surface area (Å²) in [6.07, 6.45) is -2.79. The molecule has 0 aliphatic carbocycles. The SMILES string of the molecule is OC[C@@H]1C[C@H](O)[C@H](O)[C@H](O)CN1. The first kappa shape index (κ1) is 9.88. The van der Waals surface area contributed by atoms with Gasteiger partial charge < -0.3 is 25.7 Å². The zero-order chi connectivity index (χ0) is 9.14. The van der Waals surface area contributed by atoms with Crippen LogP contribution in [0.5, 0.6) is 0 Å². The third-order valence-electron chi connectivity index (χ3n) is 2.15. The molecule has 0 aromatic carbocycles. The highest BCUT2D eigenvalue weighted by Gasteiger charge is 2.30. The topological polar surface area (TPSA) is 93.0 Å². The lowest BCUT2D eigenvalue weighted by molar-refractivity contribution is -0.0517. The van der Waals surface area contributed by atoms with Crippen LogP contribution in [-0.4, -0.2) is 57.9 Å². The third-order valence-corrected chi connectivity index (χ3v) is 2.15. The normalized spacial score (nSPS) is 44.0. The van der Waals surface area contributed by atoms with Gasteiger partial charge in [0.05, 0.1) is 18.8 Å². The summed E-state index contributed by atoms with van der Waals surface area (Å²) in [7, 11) is 0. The maximum atomic E-state index is 9.27. The molecule has 1 heterocycles. The van der Waals surface area contributed by atoms with Gasteiger partial charge in [0.15, 0.2) is 0 Å². The summed E-state index contributed by atoms with van der Waals surface area (Å²) in [6, 6.07) is -0.244. The first-order chi connectivity index (χ1) is 5.65. The van der Waals surface area contributed by atoms with Crippen molar-refractivity contribution in [2.45, 2.75) is 30.8 Å². The molecule has 5 nitrogen and oxygen atoms in total. The highest BCUT2D eigenvalue weighted by Crippen LogP contribution is 2.10. The molecule has 1 rings (SSSR count). The van der Waals surface area contributed by atoms with Gasteiger partial charge in [0.1, 0.15) is 6.10 Å². The summed E-state index contributed by atoms with van der Waals surface area (Å²) in [5.41, 5.74) is 0. The minimum Gasteiger partial charge on any atom is -0.395 e. The fraction of sp³-hybridized carbons (Fsp3) is 1.00. The van der Waals surface area contributed by atoms with E-state index < -0.39 is 18.3 Å². The molecule has 0 unspecified atom stereocenters. The van der Waals surface area contributed by atoms with Crippen LogP contribution < -0.4 is 5.32 Å². The minimum atomic E-state index is -1.12. The van der Waals surface area contributed by atoms with E-state index in [9.17, 15) is 15.3 Å². The quantitative estimate of drug-likeness (QED) is 0.303. The number of hydrogen-bond acceptors (Lipinski definition) is 5. The molecule has 0 spiro atoms. The van der Waals surface area contributed by atoms with E-state index in [1.54, 1.807) is 0 Å². The van der Waals surface area contributed by atoms with E-state index in [0.29, 0.717) is 0 Å². The maximum Gasteiger partial charge on any atom is 0.107 e. The minimum absolute atomic E-state index is 0.101. The molecule has 5 N–H and O–H groups in total. The average molecular weight is 177 g/mol. The lowest BCUT2D eigenvalue weighted by Crippen LogP contribution is -2.39. The van der Waals surface area contributed by atoms with E-state index in [1.165, 1.54) is 0 Å². The third kappa shape index (κ3) is 2.15. The van der Waals surface area contributed by atoms with Crippen molar-refractivity contribution in [3.8, 4) is 0 Å². The van der Waals surface area contributed by atoms with Crippen LogP contribution in [0, 0.1) is 0 Å². The van der Waals surface area contributed by atoms with E-state index >= 15 is 0 Å². The van der Waals surface area contributed by atoms with E-state index in [0.717, 1.165) is 0 Å². The lowest BCUT2D eigenvalue weighted by atomic mass is 10.0. The van der Waals surface area contributed by atoms with Crippen molar-refractivity contribution >= 4 is 0 Å². The van der Waals surface area contributed by atoms with E-state index in [2.05, 4.69) is 5.32 Å². The zero-order valence-electron chi connectivity index (χ0n) is 6.72. The summed E-state index contributed by atoms with van der Waals surface area (Å²) in [6.45, 7) is 0.0972. The van der Waals surface area contributed by atoms with Crippen LogP contribution in [0.3, 0.4) is 0 Å². The van der Waals surface area contributed by atoms with Gasteiger partial charge in [-0.3, -0.25) is 0 Å². The van der Waals surface area contributed by atoms with Gasteiger partial charge >= 0.3 is 0 Å². The summed E-state index contributed by atoms with van der Waals surface area (Å²) >= 11 is 0. The van der Waals surface area contributed by atoms with Crippen LogP contribution in [0.1, 0.15) is 6.42 Å². The van der Waals surface area contributed by atoms with Crippen molar-refractivity contribution in [1.29, 1.82) is 0 Å². The van der Waals surface area contributed by atoms with Gasteiger partial charge in [-0.25, -0.2) is 0 Å². The molecule has 1 saturated heterocycles. The van der Waals surface area contributed by atoms with Crippen molar-refractivity contribution in [3.63, 3.8) is 0 Å². The van der Waals surface area contributed by atoms with Gasteiger partial charge in [0.25, 0.3) is 0 Å². The Balaban J connectivity index is 2.53. The molecule has 72 valence electrons. The Labute approximate surface area is 70.6 Å². The molecule has 1 aliphatic rings. The molecule has 12 heavy (non-hydrogen) atoms. The van der Waals surface area contributed by atoms with Crippen LogP contribution >= 0.6 is 0 Å². The molecule has 0 aromatic heterocycles. The second-order valence-corrected chi connectivity index (χ2v) is 3.15. The largest absolute Gasteiger partial charge is 0.395 e. The van der Waals surface area contributed by atoms with Crippen LogP contribution in [-0.2, 0) is 0 Å². The first-order valence-corrected chi connectivity index (χ1v) is 4.03. The molecule has 4 atom stereocenters. The highest BCUT2D eigenvalue weighted by molar-refractivity contribution is 4.86. The molecular weight excluding hydrogens is 162 g/mol. The zero-order valence-corrected chi connectivity index (χ0v) is 6.72. The predicted molar refractivity (Wildman–Crippen MR) is 41.5 cm³/mol. The Bertz CT molecular complexity index is 143. The monoisotopic (exact) mass is 177 g/mol. The Morgan fingerprint density at radius 3 is 2.42 bits per heavy atom. The lowest BCUT2D eigenvalue weighted by Gasteiger charge is -2.18. The van der Waals surface area contributed by atoms with Crippen molar-refractivity contribution in [2.24, 2.45) is 0 Å². The summed E-state index contributed by atoms with van der Waals surface area (Å²) in [5.74, 6) is 0. The van der Waals surface area contributed by atoms with Gasteiger partial charge in [-0.05, 0) is 6.42 Å². The number of aliphatic hydroxyl groups excluding tert-OH is 4. The number of aliphatic hydroxyl groups is 4. The number of β-amino-alcohol motifs (C(OH)–C–C–N with tert-alkyl or cyclic N) is 1. The number of nitrogens with one attached hydrogen (secondary N) is 1. The molecule has 0 aromatic rings. The van der Waals surface area contributed by atoms with Crippen LogP contribution in [0.25, 0.3) is 0 Å². The van der Waals surface area contributed by atoms with E-state index in [-0.39, 0.29) is 25.6 Å². The number of hydrogen-bond donors (Lipinski definition) is 5. The van der Waals surface area contributed by atoms with Gasteiger partial charge in [0, 0.05) is 12.6 Å². The average Bonchev–Trinajstić information content (AvgIpc) is 2.19. The van der Waals surface area contributed by atoms with E-state index in [1.807, 2.05) is 0 Å². The van der Waals surface area contributed by atoms with Crippen molar-refractivity contribution < 1.29 is 20.4 Å². The summed E-state index contributed by atoms with van der Waals surface area (Å²) in [4.78, 5) is 0. The Hall–Kier alpha value is -0.200. The van der Waals surface area contributed by atoms with Crippen LogP contribution in [0.2, 0.25) is 0 Å². The molecule has 0 saturated carbocycles. The molecule has 1 fully saturated rings. The van der Waals surface area contributed by atoms with Crippen molar-refractivity contribution in [2.75, 3.05) is 13.2 Å². The van der Waals surface area contributed by atoms with Crippen molar-refractivity contribution in [3.05, 3.63) is 0 Å². The fourth-order valence-electron chi connectivity index (χ4n) is 1.32. The second-order valence-electron chi connectivity index (χ2n) is 3.15. The molecular formula is C7H15NO4. The molecule has 0 amide bonds. The Morgan fingerprint density at radius 1 is 1.17 bits per heavy atom. The molecule has 5 heteroatoms. The van der Waals surface area contributed by atoms with Crippen molar-refractivity contribution in [1.82, 2.24) is 5.32 Å². The summed E-state index contributed by atoms with van der Waals surface area (Å²) in [5, 5.41) is 39.3. The fourth-order valence-corrected chi connectivity index (χ4v) is 1.32. The van der Waals surface area contributed by atoms with Crippen LogP contribution in [0.4, 0.5) is 0 Å². The van der Waals surface area contributed by atoms with Gasteiger partial charge in [-0.1, -0.05) is 0 Å². The van der Waals surface area contributed by atoms with Gasteiger partial charge in [-0.2, -0.15) is 0 Å². The first-order valence-electron chi connectivity index (χ1n) is 4.03. The standard InChI is InChI=1S/C7H15NO4/c9-3-4-1-5(10)7(12)6(11)2-8-4/h4-12H,1-3H2/t4-,5-,6+,7-/m0/s1.